The van der Waals surface area contributed by atoms with E-state index in [1.165, 1.54) is 25.0 Å². The summed E-state index contributed by atoms with van der Waals surface area (Å²) in [4.78, 5) is 4.75. The molecule has 0 amide bonds. The molecule has 0 fully saturated rings. The van der Waals surface area contributed by atoms with Gasteiger partial charge in [-0.1, -0.05) is 38.8 Å². The van der Waals surface area contributed by atoms with Gasteiger partial charge in [0.1, 0.15) is 0 Å². The van der Waals surface area contributed by atoms with Crippen molar-refractivity contribution in [1.82, 2.24) is 10.6 Å². The lowest BCUT2D eigenvalue weighted by Gasteiger charge is -2.18. The number of rotatable bonds is 10. The van der Waals surface area contributed by atoms with Gasteiger partial charge in [0.05, 0.1) is 4.90 Å². The molecule has 26 heavy (non-hydrogen) atoms. The summed E-state index contributed by atoms with van der Waals surface area (Å²) < 4.78 is 22.5. The molecule has 148 valence electrons. The van der Waals surface area contributed by atoms with Gasteiger partial charge in [0, 0.05) is 19.1 Å². The van der Waals surface area contributed by atoms with Crippen LogP contribution in [0, 0.1) is 5.92 Å². The van der Waals surface area contributed by atoms with Crippen LogP contribution >= 0.6 is 0 Å². The van der Waals surface area contributed by atoms with E-state index in [1.807, 2.05) is 6.92 Å². The van der Waals surface area contributed by atoms with Gasteiger partial charge in [-0.2, -0.15) is 0 Å². The first-order valence-corrected chi connectivity index (χ1v) is 10.9. The third-order valence-electron chi connectivity index (χ3n) is 4.07. The maximum Gasteiger partial charge on any atom is 0.238 e. The average molecular weight is 383 g/mol. The Kier molecular flexibility index (Phi) is 9.65. The van der Waals surface area contributed by atoms with Crippen molar-refractivity contribution in [2.75, 3.05) is 13.1 Å². The molecule has 0 aliphatic rings. The highest BCUT2D eigenvalue weighted by atomic mass is 32.2. The monoisotopic (exact) mass is 382 g/mol. The lowest BCUT2D eigenvalue weighted by molar-refractivity contribution is 0.491. The van der Waals surface area contributed by atoms with Gasteiger partial charge in [-0.25, -0.2) is 13.6 Å². The van der Waals surface area contributed by atoms with E-state index in [1.54, 1.807) is 12.1 Å². The maximum absolute atomic E-state index is 11.3. The highest BCUT2D eigenvalue weighted by Gasteiger charge is 2.07. The number of nitrogens with two attached hydrogens (primary N) is 1. The van der Waals surface area contributed by atoms with Gasteiger partial charge in [0.25, 0.3) is 0 Å². The Labute approximate surface area is 158 Å². The van der Waals surface area contributed by atoms with E-state index in [0.717, 1.165) is 36.8 Å². The fourth-order valence-corrected chi connectivity index (χ4v) is 3.12. The summed E-state index contributed by atoms with van der Waals surface area (Å²) in [6.07, 6.45) is 4.32. The minimum atomic E-state index is -3.64. The van der Waals surface area contributed by atoms with Gasteiger partial charge in [0.2, 0.25) is 10.0 Å². The van der Waals surface area contributed by atoms with Crippen LogP contribution in [0.4, 0.5) is 0 Å². The number of nitrogens with zero attached hydrogens (tertiary/aromatic N) is 1. The predicted octanol–water partition coefficient (Wildman–Crippen LogP) is 2.65. The van der Waals surface area contributed by atoms with Gasteiger partial charge >= 0.3 is 0 Å². The van der Waals surface area contributed by atoms with Crippen molar-refractivity contribution in [3.05, 3.63) is 29.8 Å². The van der Waals surface area contributed by atoms with E-state index in [2.05, 4.69) is 36.4 Å². The normalized spacial score (nSPS) is 13.7. The van der Waals surface area contributed by atoms with Crippen LogP contribution in [0.5, 0.6) is 0 Å². The second kappa shape index (κ2) is 11.2. The molecule has 0 radical (unpaired) electrons. The van der Waals surface area contributed by atoms with Crippen molar-refractivity contribution >= 4 is 16.0 Å². The van der Waals surface area contributed by atoms with Gasteiger partial charge in [0.15, 0.2) is 5.96 Å². The molecule has 1 atom stereocenters. The zero-order valence-corrected chi connectivity index (χ0v) is 17.3. The minimum absolute atomic E-state index is 0.134. The van der Waals surface area contributed by atoms with Crippen molar-refractivity contribution in [2.45, 2.75) is 64.3 Å². The third-order valence-corrected chi connectivity index (χ3v) is 5.00. The molecular formula is C19H34N4O2S. The zero-order chi connectivity index (χ0) is 19.6. The van der Waals surface area contributed by atoms with Crippen molar-refractivity contribution in [3.63, 3.8) is 0 Å². The van der Waals surface area contributed by atoms with Crippen molar-refractivity contribution < 1.29 is 8.42 Å². The number of nitrogens with one attached hydrogen (secondary N) is 2. The Hall–Kier alpha value is -1.60. The summed E-state index contributed by atoms with van der Waals surface area (Å²) in [5.74, 6) is 1.57. The first-order chi connectivity index (χ1) is 12.2. The molecule has 7 heteroatoms. The van der Waals surface area contributed by atoms with Crippen LogP contribution in [0.3, 0.4) is 0 Å². The molecule has 0 heterocycles. The van der Waals surface area contributed by atoms with Crippen molar-refractivity contribution in [2.24, 2.45) is 16.0 Å². The molecule has 1 aromatic rings. The molecule has 6 nitrogen and oxygen atoms in total. The smallest absolute Gasteiger partial charge is 0.238 e. The number of hydrogen-bond donors (Lipinski definition) is 3. The highest BCUT2D eigenvalue weighted by molar-refractivity contribution is 7.89. The van der Waals surface area contributed by atoms with E-state index >= 15 is 0 Å². The van der Waals surface area contributed by atoms with Gasteiger partial charge in [-0.05, 0) is 50.3 Å². The second-order valence-corrected chi connectivity index (χ2v) is 8.63. The quantitative estimate of drug-likeness (QED) is 0.428. The molecule has 0 saturated heterocycles. The Morgan fingerprint density at radius 1 is 1.15 bits per heavy atom. The molecule has 0 aromatic heterocycles. The van der Waals surface area contributed by atoms with E-state index in [9.17, 15) is 8.42 Å². The van der Waals surface area contributed by atoms with E-state index in [0.29, 0.717) is 12.6 Å². The first-order valence-electron chi connectivity index (χ1n) is 9.39. The summed E-state index contributed by atoms with van der Waals surface area (Å²) in [6.45, 7) is 10.2. The summed E-state index contributed by atoms with van der Waals surface area (Å²) in [5.41, 5.74) is 1.03. The number of hydrogen-bond acceptors (Lipinski definition) is 3. The summed E-state index contributed by atoms with van der Waals surface area (Å²) in [5, 5.41) is 11.8. The molecule has 0 aliphatic carbocycles. The Morgan fingerprint density at radius 3 is 2.35 bits per heavy atom. The van der Waals surface area contributed by atoms with Crippen LogP contribution in [-0.2, 0) is 16.4 Å². The zero-order valence-electron chi connectivity index (χ0n) is 16.5. The van der Waals surface area contributed by atoms with E-state index < -0.39 is 10.0 Å². The molecule has 1 rings (SSSR count). The standard InChI is InChI=1S/C19H34N4O2S/c1-5-21-19(23-16(4)8-6-7-15(2)3)22-14-13-17-9-11-18(12-10-17)26(20,24)25/h9-12,15-16H,5-8,13-14H2,1-4H3,(H2,20,24,25)(H2,21,22,23). The van der Waals surface area contributed by atoms with Crippen LogP contribution in [0.1, 0.15) is 52.5 Å². The molecule has 0 aliphatic heterocycles. The number of sulfonamides is 1. The van der Waals surface area contributed by atoms with Crippen LogP contribution in [0.15, 0.2) is 34.2 Å². The van der Waals surface area contributed by atoms with Crippen LogP contribution < -0.4 is 15.8 Å². The lowest BCUT2D eigenvalue weighted by atomic mass is 10.0. The molecule has 1 aromatic carbocycles. The molecule has 4 N–H and O–H groups in total. The lowest BCUT2D eigenvalue weighted by Crippen LogP contribution is -2.42. The van der Waals surface area contributed by atoms with Crippen LogP contribution in [-0.4, -0.2) is 33.5 Å². The molecule has 1 unspecified atom stereocenters. The second-order valence-electron chi connectivity index (χ2n) is 7.07. The fraction of sp³-hybridized carbons (Fsp3) is 0.632. The molecular weight excluding hydrogens is 348 g/mol. The minimum Gasteiger partial charge on any atom is -0.357 e. The topological polar surface area (TPSA) is 96.6 Å². The molecule has 0 saturated carbocycles. The van der Waals surface area contributed by atoms with Gasteiger partial charge in [-0.15, -0.1) is 0 Å². The largest absolute Gasteiger partial charge is 0.357 e. The van der Waals surface area contributed by atoms with Crippen LogP contribution in [0.2, 0.25) is 0 Å². The van der Waals surface area contributed by atoms with Crippen LogP contribution in [0.25, 0.3) is 0 Å². The van der Waals surface area contributed by atoms with Crippen molar-refractivity contribution in [1.29, 1.82) is 0 Å². The SMILES string of the molecule is CCNC(=NCCc1ccc(S(N)(=O)=O)cc1)NC(C)CCCC(C)C. The molecule has 0 bridgehead atoms. The summed E-state index contributed by atoms with van der Waals surface area (Å²) in [7, 11) is -3.64. The predicted molar refractivity (Wildman–Crippen MR) is 109 cm³/mol. The first kappa shape index (κ1) is 22.4. The third kappa shape index (κ3) is 9.20. The number of primary sulfonamides is 1. The van der Waals surface area contributed by atoms with Gasteiger partial charge in [-0.3, -0.25) is 4.99 Å². The number of aliphatic imine (C=N–C) groups is 1. The average Bonchev–Trinajstić information content (AvgIpc) is 2.54. The number of guanidine groups is 1. The Balaban J connectivity index is 2.52. The van der Waals surface area contributed by atoms with Crippen molar-refractivity contribution in [3.8, 4) is 0 Å². The Bertz CT molecular complexity index is 655. The fourth-order valence-electron chi connectivity index (χ4n) is 2.60. The van der Waals surface area contributed by atoms with E-state index in [4.69, 9.17) is 5.14 Å². The summed E-state index contributed by atoms with van der Waals surface area (Å²) >= 11 is 0. The maximum atomic E-state index is 11.3. The van der Waals surface area contributed by atoms with Gasteiger partial charge < -0.3 is 10.6 Å². The molecule has 0 spiro atoms. The van der Waals surface area contributed by atoms with E-state index in [-0.39, 0.29) is 4.90 Å². The number of benzene rings is 1. The Morgan fingerprint density at radius 2 is 1.81 bits per heavy atom. The highest BCUT2D eigenvalue weighted by Crippen LogP contribution is 2.10. The summed E-state index contributed by atoms with van der Waals surface area (Å²) in [6, 6.07) is 7.01.